The van der Waals surface area contributed by atoms with Crippen molar-refractivity contribution in [2.75, 3.05) is 13.2 Å². The van der Waals surface area contributed by atoms with Crippen LogP contribution in [0.1, 0.15) is 29.0 Å². The quantitative estimate of drug-likeness (QED) is 0.212. The number of aromatic amines is 1. The lowest BCUT2D eigenvalue weighted by Gasteiger charge is -2.07. The highest BCUT2D eigenvalue weighted by Crippen LogP contribution is 2.18. The predicted molar refractivity (Wildman–Crippen MR) is 115 cm³/mol. The van der Waals surface area contributed by atoms with Crippen molar-refractivity contribution in [1.29, 1.82) is 5.26 Å². The number of aromatic nitrogens is 2. The number of carbonyl (C=O) groups is 2. The molecule has 3 rings (SSSR count). The van der Waals surface area contributed by atoms with Gasteiger partial charge >= 0.3 is 5.97 Å². The molecule has 0 aliphatic heterocycles. The number of aliphatic hydroxyl groups excluding tert-OH is 1. The van der Waals surface area contributed by atoms with Crippen molar-refractivity contribution in [3.05, 3.63) is 70.7 Å². The fourth-order valence-electron chi connectivity index (χ4n) is 2.76. The van der Waals surface area contributed by atoms with Gasteiger partial charge in [0, 0.05) is 23.6 Å². The Balaban J connectivity index is 1.46. The van der Waals surface area contributed by atoms with Crippen molar-refractivity contribution < 1.29 is 19.4 Å². The molecule has 158 valence electrons. The van der Waals surface area contributed by atoms with E-state index >= 15 is 0 Å². The number of hydrogen-bond acceptors (Lipinski definition) is 6. The normalized spacial score (nSPS) is 11.5. The number of allylic oxidation sites excluding steroid dienone is 1. The Morgan fingerprint density at radius 1 is 1.19 bits per heavy atom. The van der Waals surface area contributed by atoms with Crippen LogP contribution in [-0.2, 0) is 9.53 Å². The Hall–Kier alpha value is -3.83. The maximum absolute atomic E-state index is 12.0. The van der Waals surface area contributed by atoms with E-state index in [1.807, 2.05) is 18.2 Å². The molecule has 0 bridgehead atoms. The number of hydrogen-bond donors (Lipinski definition) is 3. The third-order valence-corrected chi connectivity index (χ3v) is 4.60. The molecule has 2 aromatic carbocycles. The summed E-state index contributed by atoms with van der Waals surface area (Å²) in [6.45, 7) is -0.170. The average molecular weight is 439 g/mol. The third kappa shape index (κ3) is 5.84. The van der Waals surface area contributed by atoms with Crippen molar-refractivity contribution in [1.82, 2.24) is 15.3 Å². The van der Waals surface area contributed by atoms with E-state index < -0.39 is 18.3 Å². The lowest BCUT2D eigenvalue weighted by Crippen LogP contribution is -2.25. The highest BCUT2D eigenvalue weighted by Gasteiger charge is 2.15. The van der Waals surface area contributed by atoms with E-state index in [-0.39, 0.29) is 30.3 Å². The van der Waals surface area contributed by atoms with Gasteiger partial charge in [-0.25, -0.2) is 4.98 Å². The summed E-state index contributed by atoms with van der Waals surface area (Å²) in [6, 6.07) is 15.5. The number of benzene rings is 2. The summed E-state index contributed by atoms with van der Waals surface area (Å²) in [5.41, 5.74) is 1.74. The Labute approximate surface area is 183 Å². The van der Waals surface area contributed by atoms with E-state index in [0.29, 0.717) is 22.5 Å². The zero-order valence-corrected chi connectivity index (χ0v) is 17.1. The van der Waals surface area contributed by atoms with Crippen LogP contribution >= 0.6 is 11.6 Å². The third-order valence-electron chi connectivity index (χ3n) is 4.35. The number of rotatable bonds is 8. The second kappa shape index (κ2) is 10.3. The first-order valence-electron chi connectivity index (χ1n) is 9.44. The van der Waals surface area contributed by atoms with E-state index in [0.717, 1.165) is 5.52 Å². The van der Waals surface area contributed by atoms with Crippen LogP contribution in [0.5, 0.6) is 0 Å². The number of aliphatic hydroxyl groups is 1. The SMILES string of the molecule is N#CC(=C(O)COC(=O)CCCNC(=O)c1ccc(Cl)cc1)c1nc2ccccc2[nH]1. The molecule has 0 unspecified atom stereocenters. The molecule has 8 nitrogen and oxygen atoms in total. The first-order chi connectivity index (χ1) is 15.0. The number of carbonyl (C=O) groups excluding carboxylic acids is 2. The molecular weight excluding hydrogens is 420 g/mol. The van der Waals surface area contributed by atoms with Gasteiger partial charge in [-0.1, -0.05) is 23.7 Å². The summed E-state index contributed by atoms with van der Waals surface area (Å²) in [6.07, 6.45) is 0.401. The lowest BCUT2D eigenvalue weighted by atomic mass is 10.2. The maximum atomic E-state index is 12.0. The summed E-state index contributed by atoms with van der Waals surface area (Å²) in [4.78, 5) is 31.1. The number of fused-ring (bicyclic) bond motifs is 1. The first-order valence-corrected chi connectivity index (χ1v) is 9.82. The molecule has 0 saturated heterocycles. The summed E-state index contributed by atoms with van der Waals surface area (Å²) in [5, 5.41) is 22.8. The van der Waals surface area contributed by atoms with Crippen molar-refractivity contribution in [3.8, 4) is 6.07 Å². The number of nitrogens with one attached hydrogen (secondary N) is 2. The molecule has 0 aliphatic carbocycles. The molecule has 0 saturated carbocycles. The molecule has 0 spiro atoms. The van der Waals surface area contributed by atoms with Crippen LogP contribution in [0.4, 0.5) is 0 Å². The Morgan fingerprint density at radius 2 is 1.94 bits per heavy atom. The van der Waals surface area contributed by atoms with Gasteiger partial charge in [-0.3, -0.25) is 9.59 Å². The van der Waals surface area contributed by atoms with Crippen molar-refractivity contribution in [3.63, 3.8) is 0 Å². The van der Waals surface area contributed by atoms with Crippen LogP contribution in [-0.4, -0.2) is 40.1 Å². The molecule has 31 heavy (non-hydrogen) atoms. The monoisotopic (exact) mass is 438 g/mol. The molecule has 0 fully saturated rings. The summed E-state index contributed by atoms with van der Waals surface area (Å²) >= 11 is 5.78. The summed E-state index contributed by atoms with van der Waals surface area (Å²) in [5.74, 6) is -1.03. The molecule has 0 aliphatic rings. The van der Waals surface area contributed by atoms with Crippen LogP contribution in [0, 0.1) is 11.3 Å². The molecule has 3 N–H and O–H groups in total. The molecule has 1 amide bonds. The zero-order valence-electron chi connectivity index (χ0n) is 16.4. The van der Waals surface area contributed by atoms with Crippen molar-refractivity contribution in [2.24, 2.45) is 0 Å². The molecule has 1 heterocycles. The van der Waals surface area contributed by atoms with Gasteiger partial charge in [0.15, 0.2) is 11.6 Å². The van der Waals surface area contributed by atoms with Crippen LogP contribution < -0.4 is 5.32 Å². The van der Waals surface area contributed by atoms with E-state index in [2.05, 4.69) is 15.3 Å². The second-order valence-electron chi connectivity index (χ2n) is 6.56. The van der Waals surface area contributed by atoms with E-state index in [4.69, 9.17) is 16.3 Å². The molecule has 0 atom stereocenters. The second-order valence-corrected chi connectivity index (χ2v) is 7.00. The minimum Gasteiger partial charge on any atom is -0.507 e. The fraction of sp³-hybridized carbons (Fsp3) is 0.182. The number of para-hydroxylation sites is 2. The number of imidazole rings is 1. The standard InChI is InChI=1S/C22H19ClN4O4/c23-15-9-7-14(8-10-15)22(30)25-11-3-6-20(29)31-13-19(28)16(12-24)21-26-17-4-1-2-5-18(17)27-21/h1-2,4-5,7-10,28H,3,6,11,13H2,(H,25,30)(H,26,27). The number of nitrogens with zero attached hydrogens (tertiary/aromatic N) is 2. The first kappa shape index (κ1) is 21.9. The highest BCUT2D eigenvalue weighted by molar-refractivity contribution is 6.30. The average Bonchev–Trinajstić information content (AvgIpc) is 3.19. The van der Waals surface area contributed by atoms with Crippen molar-refractivity contribution in [2.45, 2.75) is 12.8 Å². The number of amides is 1. The van der Waals surface area contributed by atoms with E-state index in [1.54, 1.807) is 36.4 Å². The number of nitriles is 1. The number of ether oxygens (including phenoxy) is 1. The summed E-state index contributed by atoms with van der Waals surface area (Å²) in [7, 11) is 0. The van der Waals surface area contributed by atoms with Gasteiger partial charge in [0.25, 0.3) is 5.91 Å². The lowest BCUT2D eigenvalue weighted by molar-refractivity contribution is -0.143. The smallest absolute Gasteiger partial charge is 0.306 e. The minimum absolute atomic E-state index is 0.0424. The van der Waals surface area contributed by atoms with Gasteiger partial charge in [-0.05, 0) is 42.8 Å². The molecule has 1 aromatic heterocycles. The Kier molecular flexibility index (Phi) is 7.25. The van der Waals surface area contributed by atoms with Gasteiger partial charge < -0.3 is 20.1 Å². The summed E-state index contributed by atoms with van der Waals surface area (Å²) < 4.78 is 5.02. The van der Waals surface area contributed by atoms with E-state index in [1.165, 1.54) is 0 Å². The topological polar surface area (TPSA) is 128 Å². The van der Waals surface area contributed by atoms with Crippen LogP contribution in [0.2, 0.25) is 5.02 Å². The fourth-order valence-corrected chi connectivity index (χ4v) is 2.88. The van der Waals surface area contributed by atoms with Gasteiger partial charge in [-0.2, -0.15) is 5.26 Å². The van der Waals surface area contributed by atoms with Crippen molar-refractivity contribution >= 4 is 40.1 Å². The number of H-pyrrole nitrogens is 1. The Morgan fingerprint density at radius 3 is 2.65 bits per heavy atom. The highest BCUT2D eigenvalue weighted by atomic mass is 35.5. The number of halogens is 1. The Bertz CT molecular complexity index is 1130. The zero-order chi connectivity index (χ0) is 22.2. The van der Waals surface area contributed by atoms with Gasteiger partial charge in [-0.15, -0.1) is 0 Å². The minimum atomic E-state index is -0.561. The molecule has 9 heteroatoms. The van der Waals surface area contributed by atoms with Crippen LogP contribution in [0.15, 0.2) is 54.3 Å². The van der Waals surface area contributed by atoms with Gasteiger partial charge in [0.05, 0.1) is 11.0 Å². The van der Waals surface area contributed by atoms with E-state index in [9.17, 15) is 20.0 Å². The van der Waals surface area contributed by atoms with Crippen LogP contribution in [0.3, 0.4) is 0 Å². The molecular formula is C22H19ClN4O4. The largest absolute Gasteiger partial charge is 0.507 e. The molecule has 0 radical (unpaired) electrons. The maximum Gasteiger partial charge on any atom is 0.306 e. The van der Waals surface area contributed by atoms with Crippen LogP contribution in [0.25, 0.3) is 16.6 Å². The van der Waals surface area contributed by atoms with Gasteiger partial charge in [0.2, 0.25) is 0 Å². The number of esters is 1. The predicted octanol–water partition coefficient (Wildman–Crippen LogP) is 3.76. The molecule has 3 aromatic rings. The van der Waals surface area contributed by atoms with Gasteiger partial charge in [0.1, 0.15) is 18.2 Å².